The van der Waals surface area contributed by atoms with Crippen LogP contribution in [0.25, 0.3) is 0 Å². The molecule has 0 bridgehead atoms. The molecule has 1 atom stereocenters. The third-order valence-corrected chi connectivity index (χ3v) is 5.94. The van der Waals surface area contributed by atoms with Crippen molar-refractivity contribution in [1.82, 2.24) is 4.90 Å². The molecule has 0 saturated heterocycles. The van der Waals surface area contributed by atoms with Crippen molar-refractivity contribution in [1.29, 1.82) is 0 Å². The van der Waals surface area contributed by atoms with Gasteiger partial charge < -0.3 is 14.4 Å². The summed E-state index contributed by atoms with van der Waals surface area (Å²) in [6, 6.07) is 10.7. The molecular formula is C23H20BF2NO7. The number of hydrogen-bond acceptors (Lipinski definition) is 7. The molecule has 4 rings (SSSR count). The van der Waals surface area contributed by atoms with Gasteiger partial charge in [-0.2, -0.15) is 8.78 Å². The average molecular weight is 471 g/mol. The molecule has 1 N–H and O–H groups in total. The van der Waals surface area contributed by atoms with Crippen molar-refractivity contribution in [2.75, 3.05) is 6.73 Å². The van der Waals surface area contributed by atoms with E-state index in [1.54, 1.807) is 18.2 Å². The van der Waals surface area contributed by atoms with E-state index < -0.39 is 62.0 Å². The Morgan fingerprint density at radius 1 is 1.15 bits per heavy atom. The molecule has 8 nitrogen and oxygen atoms in total. The van der Waals surface area contributed by atoms with Crippen LogP contribution in [0.3, 0.4) is 0 Å². The van der Waals surface area contributed by atoms with E-state index in [1.807, 2.05) is 0 Å². The molecule has 0 radical (unpaired) electrons. The summed E-state index contributed by atoms with van der Waals surface area (Å²) in [6.45, 7) is 0.571. The van der Waals surface area contributed by atoms with Crippen LogP contribution in [-0.2, 0) is 16.0 Å². The number of ether oxygens (including phenoxy) is 1. The van der Waals surface area contributed by atoms with Crippen LogP contribution >= 0.6 is 0 Å². The Kier molecular flexibility index (Phi) is 6.22. The predicted octanol–water partition coefficient (Wildman–Crippen LogP) is 2.89. The van der Waals surface area contributed by atoms with Gasteiger partial charge in [-0.3, -0.25) is 14.4 Å². The molecule has 11 heteroatoms. The molecule has 0 fully saturated rings. The second-order valence-electron chi connectivity index (χ2n) is 8.10. The van der Waals surface area contributed by atoms with Crippen molar-refractivity contribution in [2.45, 2.75) is 37.9 Å². The highest BCUT2D eigenvalue weighted by Crippen LogP contribution is 2.38. The monoisotopic (exact) mass is 471 g/mol. The molecule has 2 aromatic rings. The molecule has 2 amide bonds. The van der Waals surface area contributed by atoms with Crippen LogP contribution in [0.2, 0.25) is 5.82 Å². The maximum Gasteiger partial charge on any atom is 0.526 e. The molecule has 34 heavy (non-hydrogen) atoms. The van der Waals surface area contributed by atoms with E-state index in [2.05, 4.69) is 0 Å². The van der Waals surface area contributed by atoms with Gasteiger partial charge in [-0.25, -0.2) is 9.69 Å². The highest BCUT2D eigenvalue weighted by atomic mass is 19.3. The SMILES string of the molecule is CCC(F)(F)C(=O)C[C@H]1Cc2cccc(C(=O)OCN3C(=O)c4ccccc4C3=O)c2OB1O. The molecule has 0 saturated carbocycles. The van der Waals surface area contributed by atoms with Crippen LogP contribution in [0.5, 0.6) is 5.75 Å². The third kappa shape index (κ3) is 4.18. The van der Waals surface area contributed by atoms with Crippen molar-refractivity contribution >= 4 is 30.7 Å². The Balaban J connectivity index is 1.46. The Bertz CT molecular complexity index is 1150. The lowest BCUT2D eigenvalue weighted by atomic mass is 9.64. The van der Waals surface area contributed by atoms with Gasteiger partial charge in [0.05, 0.1) is 11.1 Å². The van der Waals surface area contributed by atoms with E-state index in [-0.39, 0.29) is 28.9 Å². The van der Waals surface area contributed by atoms with Gasteiger partial charge in [0, 0.05) is 18.7 Å². The Hall–Kier alpha value is -3.60. The second kappa shape index (κ2) is 8.98. The van der Waals surface area contributed by atoms with Gasteiger partial charge in [-0.05, 0) is 30.2 Å². The fraction of sp³-hybridized carbons (Fsp3) is 0.304. The average Bonchev–Trinajstić information content (AvgIpc) is 3.07. The van der Waals surface area contributed by atoms with E-state index in [0.29, 0.717) is 5.56 Å². The number of alkyl halides is 2. The van der Waals surface area contributed by atoms with E-state index in [4.69, 9.17) is 9.39 Å². The number of amides is 2. The van der Waals surface area contributed by atoms with E-state index >= 15 is 0 Å². The number of nitrogens with zero attached hydrogens (tertiary/aromatic N) is 1. The first kappa shape index (κ1) is 23.6. The van der Waals surface area contributed by atoms with Crippen molar-refractivity contribution in [3.63, 3.8) is 0 Å². The summed E-state index contributed by atoms with van der Waals surface area (Å²) in [5.74, 6) is -7.79. The summed E-state index contributed by atoms with van der Waals surface area (Å²) in [7, 11) is -1.59. The Morgan fingerprint density at radius 3 is 2.41 bits per heavy atom. The van der Waals surface area contributed by atoms with E-state index in [9.17, 15) is 33.0 Å². The van der Waals surface area contributed by atoms with Crippen LogP contribution in [0.15, 0.2) is 42.5 Å². The number of imide groups is 1. The first-order valence-electron chi connectivity index (χ1n) is 10.6. The van der Waals surface area contributed by atoms with Gasteiger partial charge in [-0.15, -0.1) is 0 Å². The summed E-state index contributed by atoms with van der Waals surface area (Å²) in [4.78, 5) is 50.2. The van der Waals surface area contributed by atoms with Gasteiger partial charge >= 0.3 is 19.0 Å². The van der Waals surface area contributed by atoms with Crippen LogP contribution in [0.4, 0.5) is 8.78 Å². The molecule has 0 aromatic heterocycles. The molecule has 0 unspecified atom stereocenters. The van der Waals surface area contributed by atoms with Gasteiger partial charge in [-0.1, -0.05) is 31.2 Å². The fourth-order valence-electron chi connectivity index (χ4n) is 3.96. The molecule has 2 aliphatic heterocycles. The summed E-state index contributed by atoms with van der Waals surface area (Å²) in [6.07, 6.45) is -1.20. The normalized spacial score (nSPS) is 17.2. The molecule has 2 heterocycles. The smallest absolute Gasteiger partial charge is 0.526 e. The summed E-state index contributed by atoms with van der Waals surface area (Å²) in [5.41, 5.74) is 0.776. The number of esters is 1. The summed E-state index contributed by atoms with van der Waals surface area (Å²) in [5, 5.41) is 10.3. The lowest BCUT2D eigenvalue weighted by Gasteiger charge is -2.29. The Labute approximate surface area is 193 Å². The predicted molar refractivity (Wildman–Crippen MR) is 115 cm³/mol. The van der Waals surface area contributed by atoms with E-state index in [1.165, 1.54) is 31.2 Å². The highest BCUT2D eigenvalue weighted by molar-refractivity contribution is 6.47. The maximum atomic E-state index is 13.7. The summed E-state index contributed by atoms with van der Waals surface area (Å²) >= 11 is 0. The van der Waals surface area contributed by atoms with Gasteiger partial charge in [0.1, 0.15) is 11.3 Å². The number of hydrogen-bond donors (Lipinski definition) is 1. The van der Waals surface area contributed by atoms with Crippen molar-refractivity contribution in [2.24, 2.45) is 0 Å². The Morgan fingerprint density at radius 2 is 1.79 bits per heavy atom. The lowest BCUT2D eigenvalue weighted by Crippen LogP contribution is -2.39. The first-order chi connectivity index (χ1) is 16.1. The maximum absolute atomic E-state index is 13.7. The van der Waals surface area contributed by atoms with Gasteiger partial charge in [0.2, 0.25) is 5.78 Å². The topological polar surface area (TPSA) is 110 Å². The zero-order valence-corrected chi connectivity index (χ0v) is 18.1. The fourth-order valence-corrected chi connectivity index (χ4v) is 3.96. The molecule has 0 aliphatic carbocycles. The standard InChI is InChI=1S/C23H20BF2NO7/c1-2-23(25,26)18(28)11-14-10-13-6-5-9-17(19(13)34-24(14)32)22(31)33-12-27-20(29)15-7-3-4-8-16(15)21(27)30/h3-9,14,32H,2,10-12H2,1H3/t14-/m1/s1. The molecule has 2 aromatic carbocycles. The number of Topliss-reactive ketones (excluding diaryl/α,β-unsaturated/α-hetero) is 1. The molecule has 0 spiro atoms. The number of carbonyl (C=O) groups excluding carboxylic acids is 4. The number of halogens is 2. The van der Waals surface area contributed by atoms with Gasteiger partial charge in [0.25, 0.3) is 11.8 Å². The zero-order chi connectivity index (χ0) is 24.6. The van der Waals surface area contributed by atoms with Crippen LogP contribution in [0, 0.1) is 0 Å². The lowest BCUT2D eigenvalue weighted by molar-refractivity contribution is -0.143. The third-order valence-electron chi connectivity index (χ3n) is 5.94. The number of carbonyl (C=O) groups is 4. The minimum absolute atomic E-state index is 0.00619. The largest absolute Gasteiger partial charge is 0.535 e. The number of fused-ring (bicyclic) bond motifs is 2. The zero-order valence-electron chi connectivity index (χ0n) is 18.1. The number of para-hydroxylation sites is 1. The van der Waals surface area contributed by atoms with Crippen LogP contribution in [-0.4, -0.2) is 53.3 Å². The van der Waals surface area contributed by atoms with Crippen molar-refractivity contribution < 1.29 is 42.4 Å². The van der Waals surface area contributed by atoms with Crippen molar-refractivity contribution in [3.05, 3.63) is 64.7 Å². The first-order valence-corrected chi connectivity index (χ1v) is 10.6. The molecular weight excluding hydrogens is 451 g/mol. The molecule has 176 valence electrons. The number of benzene rings is 2. The van der Waals surface area contributed by atoms with Crippen molar-refractivity contribution in [3.8, 4) is 5.75 Å². The number of rotatable bonds is 7. The van der Waals surface area contributed by atoms with Gasteiger partial charge in [0.15, 0.2) is 6.73 Å². The second-order valence-corrected chi connectivity index (χ2v) is 8.10. The molecule has 2 aliphatic rings. The minimum atomic E-state index is -3.49. The minimum Gasteiger partial charge on any atom is -0.535 e. The van der Waals surface area contributed by atoms with E-state index in [0.717, 1.165) is 4.90 Å². The quantitative estimate of drug-likeness (QED) is 0.376. The van der Waals surface area contributed by atoms with Crippen LogP contribution < -0.4 is 4.65 Å². The summed E-state index contributed by atoms with van der Waals surface area (Å²) < 4.78 is 37.9. The van der Waals surface area contributed by atoms with Crippen LogP contribution in [0.1, 0.15) is 56.4 Å². The highest BCUT2D eigenvalue weighted by Gasteiger charge is 2.43. The number of ketones is 1.